The molecule has 0 aliphatic carbocycles. The summed E-state index contributed by atoms with van der Waals surface area (Å²) >= 11 is 17.7. The molecule has 0 spiro atoms. The maximum atomic E-state index is 6.22. The maximum absolute atomic E-state index is 6.22. The number of halogens is 2. The lowest BCUT2D eigenvalue weighted by atomic mass is 10.2. The van der Waals surface area contributed by atoms with Crippen LogP contribution in [0, 0.1) is 6.92 Å². The fourth-order valence-corrected chi connectivity index (χ4v) is 2.87. The molecule has 2 rings (SSSR count). The lowest BCUT2D eigenvalue weighted by molar-refractivity contribution is 0.644. The highest BCUT2D eigenvalue weighted by atomic mass is 35.5. The van der Waals surface area contributed by atoms with Crippen LogP contribution >= 0.6 is 35.4 Å². The van der Waals surface area contributed by atoms with Gasteiger partial charge in [-0.1, -0.05) is 36.2 Å². The summed E-state index contributed by atoms with van der Waals surface area (Å²) in [7, 11) is 0. The van der Waals surface area contributed by atoms with E-state index in [1.807, 2.05) is 35.9 Å². The smallest absolute Gasteiger partial charge is 0.172 e. The summed E-state index contributed by atoms with van der Waals surface area (Å²) in [4.78, 5) is 0. The quantitative estimate of drug-likeness (QED) is 0.752. The van der Waals surface area contributed by atoms with Crippen molar-refractivity contribution in [3.8, 4) is 0 Å². The fraction of sp³-hybridized carbons (Fsp3) is 0.375. The Bertz CT molecular complexity index is 679. The molecule has 0 fully saturated rings. The van der Waals surface area contributed by atoms with Gasteiger partial charge in [0.25, 0.3) is 0 Å². The molecule has 2 aromatic rings. The van der Waals surface area contributed by atoms with Crippen molar-refractivity contribution in [2.75, 3.05) is 5.32 Å². The Labute approximate surface area is 152 Å². The topological polar surface area (TPSA) is 41.9 Å². The third kappa shape index (κ3) is 4.83. The van der Waals surface area contributed by atoms with E-state index >= 15 is 0 Å². The SMILES string of the molecule is CCC(C)NC(=S)Nc1cc(C)n(Cc2c(Cl)cccc2Cl)n1. The van der Waals surface area contributed by atoms with Crippen molar-refractivity contribution >= 4 is 46.4 Å². The van der Waals surface area contributed by atoms with Crippen LogP contribution in [0.3, 0.4) is 0 Å². The largest absolute Gasteiger partial charge is 0.360 e. The van der Waals surface area contributed by atoms with Crippen molar-refractivity contribution in [2.45, 2.75) is 39.8 Å². The molecule has 7 heteroatoms. The second kappa shape index (κ2) is 7.99. The molecule has 0 bridgehead atoms. The van der Waals surface area contributed by atoms with E-state index in [4.69, 9.17) is 35.4 Å². The van der Waals surface area contributed by atoms with Gasteiger partial charge in [0.15, 0.2) is 10.9 Å². The summed E-state index contributed by atoms with van der Waals surface area (Å²) in [5, 5.41) is 12.7. The van der Waals surface area contributed by atoms with Crippen LogP contribution in [0.5, 0.6) is 0 Å². The van der Waals surface area contributed by atoms with Gasteiger partial charge in [0.2, 0.25) is 0 Å². The maximum Gasteiger partial charge on any atom is 0.172 e. The molecule has 1 unspecified atom stereocenters. The Morgan fingerprint density at radius 3 is 2.61 bits per heavy atom. The lowest BCUT2D eigenvalue weighted by Gasteiger charge is -2.13. The fourth-order valence-electron chi connectivity index (χ4n) is 2.04. The number of anilines is 1. The minimum absolute atomic E-state index is 0.320. The average molecular weight is 371 g/mol. The standard InChI is InChI=1S/C16H20Cl2N4S/c1-4-10(2)19-16(23)20-15-8-11(3)22(21-15)9-12-13(17)6-5-7-14(12)18/h5-8,10H,4,9H2,1-3H3,(H2,19,20,21,23). The number of benzene rings is 1. The molecule has 0 saturated heterocycles. The first-order valence-electron chi connectivity index (χ1n) is 7.45. The third-order valence-electron chi connectivity index (χ3n) is 3.58. The predicted octanol–water partition coefficient (Wildman–Crippen LogP) is 4.63. The molecule has 0 radical (unpaired) electrons. The van der Waals surface area contributed by atoms with Crippen molar-refractivity contribution in [1.29, 1.82) is 0 Å². The zero-order chi connectivity index (χ0) is 17.0. The van der Waals surface area contributed by atoms with Gasteiger partial charge >= 0.3 is 0 Å². The minimum atomic E-state index is 0.320. The summed E-state index contributed by atoms with van der Waals surface area (Å²) in [5.41, 5.74) is 1.85. The zero-order valence-corrected chi connectivity index (χ0v) is 15.7. The predicted molar refractivity (Wildman–Crippen MR) is 102 cm³/mol. The van der Waals surface area contributed by atoms with Crippen molar-refractivity contribution in [1.82, 2.24) is 15.1 Å². The first-order chi connectivity index (χ1) is 10.9. The van der Waals surface area contributed by atoms with E-state index in [0.717, 1.165) is 17.7 Å². The molecule has 23 heavy (non-hydrogen) atoms. The van der Waals surface area contributed by atoms with Crippen molar-refractivity contribution in [2.24, 2.45) is 0 Å². The normalized spacial score (nSPS) is 12.0. The lowest BCUT2D eigenvalue weighted by Crippen LogP contribution is -2.35. The molecule has 124 valence electrons. The van der Waals surface area contributed by atoms with Crippen LogP contribution in [0.15, 0.2) is 24.3 Å². The van der Waals surface area contributed by atoms with Gasteiger partial charge in [0.05, 0.1) is 6.54 Å². The molecule has 2 N–H and O–H groups in total. The highest BCUT2D eigenvalue weighted by Crippen LogP contribution is 2.25. The number of hydrogen-bond acceptors (Lipinski definition) is 2. The van der Waals surface area contributed by atoms with Gasteiger partial charge in [-0.25, -0.2) is 0 Å². The van der Waals surface area contributed by atoms with Crippen LogP contribution in [-0.2, 0) is 6.54 Å². The summed E-state index contributed by atoms with van der Waals surface area (Å²) in [5.74, 6) is 0.700. The van der Waals surface area contributed by atoms with Crippen molar-refractivity contribution < 1.29 is 0 Å². The molecule has 1 heterocycles. The Balaban J connectivity index is 2.11. The summed E-state index contributed by atoms with van der Waals surface area (Å²) < 4.78 is 1.85. The molecular formula is C16H20Cl2N4S. The van der Waals surface area contributed by atoms with Gasteiger partial charge in [-0.05, 0) is 44.6 Å². The molecule has 1 aromatic carbocycles. The third-order valence-corrected chi connectivity index (χ3v) is 4.51. The highest BCUT2D eigenvalue weighted by Gasteiger charge is 2.11. The van der Waals surface area contributed by atoms with Crippen LogP contribution in [-0.4, -0.2) is 20.9 Å². The number of nitrogens with zero attached hydrogens (tertiary/aromatic N) is 2. The van der Waals surface area contributed by atoms with Crippen molar-refractivity contribution in [3.05, 3.63) is 45.6 Å². The van der Waals surface area contributed by atoms with Gasteiger partial charge in [0.1, 0.15) is 0 Å². The van der Waals surface area contributed by atoms with Gasteiger partial charge in [-0.2, -0.15) is 5.10 Å². The molecule has 0 aliphatic heterocycles. The van der Waals surface area contributed by atoms with E-state index in [9.17, 15) is 0 Å². The van der Waals surface area contributed by atoms with Crippen LogP contribution in [0.4, 0.5) is 5.82 Å². The number of aryl methyl sites for hydroxylation is 1. The Kier molecular flexibility index (Phi) is 6.27. The zero-order valence-electron chi connectivity index (χ0n) is 13.4. The molecule has 0 saturated carbocycles. The van der Waals surface area contributed by atoms with Gasteiger partial charge in [-0.15, -0.1) is 0 Å². The summed E-state index contributed by atoms with van der Waals surface area (Å²) in [6.45, 7) is 6.68. The van der Waals surface area contributed by atoms with Crippen LogP contribution in [0.2, 0.25) is 10.0 Å². The van der Waals surface area contributed by atoms with E-state index in [2.05, 4.69) is 29.6 Å². The second-order valence-corrected chi connectivity index (χ2v) is 6.66. The molecule has 0 amide bonds. The second-order valence-electron chi connectivity index (χ2n) is 5.44. The Morgan fingerprint density at radius 2 is 2.00 bits per heavy atom. The first-order valence-corrected chi connectivity index (χ1v) is 8.62. The van der Waals surface area contributed by atoms with Crippen LogP contribution < -0.4 is 10.6 Å². The van der Waals surface area contributed by atoms with Gasteiger partial charge in [0, 0.05) is 33.4 Å². The molecule has 1 aromatic heterocycles. The highest BCUT2D eigenvalue weighted by molar-refractivity contribution is 7.80. The van der Waals surface area contributed by atoms with E-state index in [0.29, 0.717) is 33.6 Å². The Morgan fingerprint density at radius 1 is 1.35 bits per heavy atom. The van der Waals surface area contributed by atoms with Crippen LogP contribution in [0.1, 0.15) is 31.5 Å². The van der Waals surface area contributed by atoms with E-state index in [-0.39, 0.29) is 0 Å². The molecule has 4 nitrogen and oxygen atoms in total. The van der Waals surface area contributed by atoms with Crippen LogP contribution in [0.25, 0.3) is 0 Å². The summed E-state index contributed by atoms with van der Waals surface area (Å²) in [6.07, 6.45) is 1.00. The molecule has 0 aliphatic rings. The summed E-state index contributed by atoms with van der Waals surface area (Å²) in [6, 6.07) is 7.74. The monoisotopic (exact) mass is 370 g/mol. The number of aromatic nitrogens is 2. The number of hydrogen-bond donors (Lipinski definition) is 2. The van der Waals surface area contributed by atoms with Crippen molar-refractivity contribution in [3.63, 3.8) is 0 Å². The van der Waals surface area contributed by atoms with E-state index in [1.54, 1.807) is 0 Å². The Hall–Kier alpha value is -1.30. The number of rotatable bonds is 5. The van der Waals surface area contributed by atoms with E-state index in [1.165, 1.54) is 0 Å². The first kappa shape index (κ1) is 18.0. The molecular weight excluding hydrogens is 351 g/mol. The number of thiocarbonyl (C=S) groups is 1. The van der Waals surface area contributed by atoms with E-state index < -0.39 is 0 Å². The molecule has 1 atom stereocenters. The average Bonchev–Trinajstić information content (AvgIpc) is 2.82. The van der Waals surface area contributed by atoms with Gasteiger partial charge < -0.3 is 10.6 Å². The number of nitrogens with one attached hydrogen (secondary N) is 2. The van der Waals surface area contributed by atoms with Gasteiger partial charge in [-0.3, -0.25) is 4.68 Å². The minimum Gasteiger partial charge on any atom is -0.360 e.